The van der Waals surface area contributed by atoms with Gasteiger partial charge in [0.1, 0.15) is 16.4 Å². The van der Waals surface area contributed by atoms with Crippen molar-refractivity contribution in [2.45, 2.75) is 6.54 Å². The van der Waals surface area contributed by atoms with Gasteiger partial charge in [0, 0.05) is 12.4 Å². The quantitative estimate of drug-likeness (QED) is 0.417. The van der Waals surface area contributed by atoms with Gasteiger partial charge in [-0.25, -0.2) is 13.9 Å². The van der Waals surface area contributed by atoms with E-state index < -0.39 is 5.91 Å². The van der Waals surface area contributed by atoms with Crippen LogP contribution in [0.3, 0.4) is 0 Å². The van der Waals surface area contributed by atoms with Gasteiger partial charge in [-0.2, -0.15) is 10.2 Å². The molecular weight excluding hydrogens is 439 g/mol. The molecule has 4 aromatic heterocycles. The fraction of sp³-hybridized carbons (Fsp3) is 0.0476. The Hall–Kier alpha value is -3.56. The highest BCUT2D eigenvalue weighted by atomic mass is 35.5. The number of nitrogens with zero attached hydrogens (tertiary/aromatic N) is 5. The second-order valence-corrected chi connectivity index (χ2v) is 8.06. The number of fused-ring (bicyclic) bond motifs is 1. The molecule has 0 aliphatic heterocycles. The number of aromatic nitrogens is 5. The zero-order valence-electron chi connectivity index (χ0n) is 15.9. The van der Waals surface area contributed by atoms with Crippen LogP contribution in [0.1, 0.15) is 15.9 Å². The Bertz CT molecular complexity index is 1380. The van der Waals surface area contributed by atoms with Crippen LogP contribution in [0.4, 0.5) is 10.2 Å². The number of anilines is 1. The third-order valence-corrected chi connectivity index (χ3v) is 5.80. The lowest BCUT2D eigenvalue weighted by Gasteiger charge is -2.04. The molecule has 1 N–H and O–H groups in total. The van der Waals surface area contributed by atoms with Crippen LogP contribution < -0.4 is 5.32 Å². The van der Waals surface area contributed by atoms with Crippen molar-refractivity contribution in [1.29, 1.82) is 0 Å². The lowest BCUT2D eigenvalue weighted by molar-refractivity contribution is 0.102. The first-order valence-electron chi connectivity index (χ1n) is 9.24. The molecule has 0 radical (unpaired) electrons. The molecule has 0 unspecified atom stereocenters. The summed E-state index contributed by atoms with van der Waals surface area (Å²) in [6, 6.07) is 11.9. The molecule has 4 heterocycles. The molecular formula is C21H14ClFN6OS. The van der Waals surface area contributed by atoms with Crippen LogP contribution >= 0.6 is 22.9 Å². The molecule has 1 amide bonds. The molecule has 5 aromatic rings. The van der Waals surface area contributed by atoms with Crippen molar-refractivity contribution in [2.24, 2.45) is 0 Å². The molecule has 0 aliphatic carbocycles. The summed E-state index contributed by atoms with van der Waals surface area (Å²) in [7, 11) is 0. The molecule has 0 atom stereocenters. The van der Waals surface area contributed by atoms with Gasteiger partial charge in [0.25, 0.3) is 5.91 Å². The molecule has 7 nitrogen and oxygen atoms in total. The van der Waals surface area contributed by atoms with E-state index in [0.717, 1.165) is 16.1 Å². The van der Waals surface area contributed by atoms with Gasteiger partial charge in [-0.1, -0.05) is 29.8 Å². The van der Waals surface area contributed by atoms with Crippen molar-refractivity contribution in [3.05, 3.63) is 88.4 Å². The first kappa shape index (κ1) is 19.4. The van der Waals surface area contributed by atoms with E-state index >= 15 is 0 Å². The van der Waals surface area contributed by atoms with Crippen LogP contribution in [0.15, 0.2) is 66.4 Å². The molecule has 5 rings (SSSR count). The van der Waals surface area contributed by atoms with Crippen molar-refractivity contribution < 1.29 is 9.18 Å². The Balaban J connectivity index is 1.39. The SMILES string of the molecule is O=C(Nc1nn(Cc2ccc(F)cc2)cc1Cl)c1cnn2c(-c3cccs3)ccnc12. The highest BCUT2D eigenvalue weighted by Gasteiger charge is 2.19. The summed E-state index contributed by atoms with van der Waals surface area (Å²) in [6.07, 6.45) is 4.72. The summed E-state index contributed by atoms with van der Waals surface area (Å²) in [5, 5.41) is 13.7. The number of nitrogens with one attached hydrogen (secondary N) is 1. The van der Waals surface area contributed by atoms with Gasteiger partial charge in [0.05, 0.1) is 23.3 Å². The number of hydrogen-bond donors (Lipinski definition) is 1. The molecule has 0 bridgehead atoms. The number of benzene rings is 1. The summed E-state index contributed by atoms with van der Waals surface area (Å²) in [4.78, 5) is 18.2. The van der Waals surface area contributed by atoms with Gasteiger partial charge in [0.15, 0.2) is 11.5 Å². The van der Waals surface area contributed by atoms with Crippen molar-refractivity contribution >= 4 is 40.3 Å². The maximum atomic E-state index is 13.1. The smallest absolute Gasteiger partial charge is 0.262 e. The summed E-state index contributed by atoms with van der Waals surface area (Å²) in [5.41, 5.74) is 2.44. The Kier molecular flexibility index (Phi) is 4.97. The Morgan fingerprint density at radius 2 is 2.03 bits per heavy atom. The maximum absolute atomic E-state index is 13.1. The summed E-state index contributed by atoms with van der Waals surface area (Å²) in [6.45, 7) is 0.387. The van der Waals surface area contributed by atoms with Crippen LogP contribution in [0.25, 0.3) is 16.2 Å². The standard InChI is InChI=1S/C21H14ClFN6OS/c22-16-12-28(11-13-3-5-14(23)6-4-13)27-19(16)26-21(30)15-10-25-29-17(7-8-24-20(15)29)18-2-1-9-31-18/h1-10,12H,11H2,(H,26,27,30). The molecule has 10 heteroatoms. The van der Waals surface area contributed by atoms with Gasteiger partial charge < -0.3 is 5.32 Å². The first-order chi connectivity index (χ1) is 15.1. The van der Waals surface area contributed by atoms with Crippen LogP contribution in [0.2, 0.25) is 5.02 Å². The zero-order chi connectivity index (χ0) is 21.4. The van der Waals surface area contributed by atoms with Crippen molar-refractivity contribution in [1.82, 2.24) is 24.4 Å². The molecule has 1 aromatic carbocycles. The van der Waals surface area contributed by atoms with Gasteiger partial charge in [-0.15, -0.1) is 11.3 Å². The summed E-state index contributed by atoms with van der Waals surface area (Å²) < 4.78 is 16.3. The van der Waals surface area contributed by atoms with Crippen molar-refractivity contribution in [3.8, 4) is 10.6 Å². The Morgan fingerprint density at radius 3 is 2.81 bits per heavy atom. The second-order valence-electron chi connectivity index (χ2n) is 6.70. The zero-order valence-corrected chi connectivity index (χ0v) is 17.4. The summed E-state index contributed by atoms with van der Waals surface area (Å²) >= 11 is 7.84. The molecule has 0 saturated heterocycles. The first-order valence-corrected chi connectivity index (χ1v) is 10.5. The number of carbonyl (C=O) groups is 1. The van der Waals surface area contributed by atoms with E-state index in [0.29, 0.717) is 22.8 Å². The largest absolute Gasteiger partial charge is 0.304 e. The topological polar surface area (TPSA) is 77.1 Å². The van der Waals surface area contributed by atoms with Crippen LogP contribution in [0.5, 0.6) is 0 Å². The molecule has 31 heavy (non-hydrogen) atoms. The van der Waals surface area contributed by atoms with E-state index in [2.05, 4.69) is 20.5 Å². The second kappa shape index (κ2) is 7.93. The number of rotatable bonds is 5. The van der Waals surface area contributed by atoms with Crippen LogP contribution in [-0.2, 0) is 6.54 Å². The van der Waals surface area contributed by atoms with Crippen LogP contribution in [0, 0.1) is 5.82 Å². The predicted octanol–water partition coefficient (Wildman–Crippen LogP) is 4.75. The third kappa shape index (κ3) is 3.80. The Morgan fingerprint density at radius 1 is 1.19 bits per heavy atom. The van der Waals surface area contributed by atoms with E-state index in [4.69, 9.17) is 11.6 Å². The molecule has 0 aliphatic rings. The number of carbonyl (C=O) groups excluding carboxylic acids is 1. The van der Waals surface area contributed by atoms with Crippen LogP contribution in [-0.4, -0.2) is 30.3 Å². The number of hydrogen-bond acceptors (Lipinski definition) is 5. The van der Waals surface area contributed by atoms with Crippen molar-refractivity contribution in [2.75, 3.05) is 5.32 Å². The molecule has 0 spiro atoms. The minimum Gasteiger partial charge on any atom is -0.304 e. The average molecular weight is 453 g/mol. The summed E-state index contributed by atoms with van der Waals surface area (Å²) in [5.74, 6) is -0.498. The van der Waals surface area contributed by atoms with E-state index in [-0.39, 0.29) is 11.6 Å². The minimum atomic E-state index is -0.417. The molecule has 154 valence electrons. The monoisotopic (exact) mass is 452 g/mol. The highest BCUT2D eigenvalue weighted by Crippen LogP contribution is 2.26. The highest BCUT2D eigenvalue weighted by molar-refractivity contribution is 7.13. The fourth-order valence-electron chi connectivity index (χ4n) is 3.18. The molecule has 0 saturated carbocycles. The van der Waals surface area contributed by atoms with E-state index in [9.17, 15) is 9.18 Å². The normalized spacial score (nSPS) is 11.2. The predicted molar refractivity (Wildman–Crippen MR) is 117 cm³/mol. The van der Waals surface area contributed by atoms with Gasteiger partial charge in [-0.05, 0) is 35.2 Å². The van der Waals surface area contributed by atoms with Gasteiger partial charge >= 0.3 is 0 Å². The van der Waals surface area contributed by atoms with Gasteiger partial charge in [-0.3, -0.25) is 9.48 Å². The van der Waals surface area contributed by atoms with Gasteiger partial charge in [0.2, 0.25) is 0 Å². The third-order valence-electron chi connectivity index (χ3n) is 4.63. The lowest BCUT2D eigenvalue weighted by atomic mass is 10.2. The fourth-order valence-corrected chi connectivity index (χ4v) is 4.11. The van der Waals surface area contributed by atoms with Crippen molar-refractivity contribution in [3.63, 3.8) is 0 Å². The number of halogens is 2. The average Bonchev–Trinajstić information content (AvgIpc) is 3.50. The van der Waals surface area contributed by atoms with E-state index in [1.165, 1.54) is 18.3 Å². The van der Waals surface area contributed by atoms with E-state index in [1.54, 1.807) is 45.1 Å². The van der Waals surface area contributed by atoms with E-state index in [1.807, 2.05) is 23.6 Å². The maximum Gasteiger partial charge on any atom is 0.262 e. The lowest BCUT2D eigenvalue weighted by Crippen LogP contribution is -2.13. The number of amides is 1. The molecule has 0 fully saturated rings. The number of thiophene rings is 1. The minimum absolute atomic E-state index is 0.225. The Labute approximate surface area is 184 Å².